The molecule has 5 rings (SSSR count). The van der Waals surface area contributed by atoms with Crippen LogP contribution in [0.1, 0.15) is 47.5 Å². The Morgan fingerprint density at radius 3 is 2.62 bits per heavy atom. The Morgan fingerprint density at radius 1 is 1.07 bits per heavy atom. The van der Waals surface area contributed by atoms with Crippen molar-refractivity contribution >= 4 is 11.7 Å². The average molecular weight is 389 g/mol. The molecule has 7 nitrogen and oxygen atoms in total. The number of anilines is 1. The van der Waals surface area contributed by atoms with Gasteiger partial charge in [0.15, 0.2) is 0 Å². The van der Waals surface area contributed by atoms with Crippen molar-refractivity contribution in [2.24, 2.45) is 0 Å². The van der Waals surface area contributed by atoms with Gasteiger partial charge in [0.25, 0.3) is 5.91 Å². The van der Waals surface area contributed by atoms with E-state index in [1.807, 2.05) is 18.2 Å². The maximum Gasteiger partial charge on any atom is 0.251 e. The van der Waals surface area contributed by atoms with Gasteiger partial charge in [-0.3, -0.25) is 9.78 Å². The third kappa shape index (κ3) is 3.85. The topological polar surface area (TPSA) is 84.2 Å². The second kappa shape index (κ2) is 7.66. The molecular weight excluding hydrogens is 366 g/mol. The molecule has 0 spiro atoms. The second-order valence-corrected chi connectivity index (χ2v) is 7.71. The predicted molar refractivity (Wildman–Crippen MR) is 109 cm³/mol. The summed E-state index contributed by atoms with van der Waals surface area (Å²) in [5, 5.41) is 3.08. The molecule has 3 aromatic rings. The van der Waals surface area contributed by atoms with Gasteiger partial charge < -0.3 is 14.6 Å². The Bertz CT molecular complexity index is 978. The summed E-state index contributed by atoms with van der Waals surface area (Å²) in [7, 11) is 0. The van der Waals surface area contributed by atoms with Gasteiger partial charge in [-0.05, 0) is 55.4 Å². The van der Waals surface area contributed by atoms with Gasteiger partial charge in [-0.2, -0.15) is 0 Å². The van der Waals surface area contributed by atoms with Crippen molar-refractivity contribution in [1.82, 2.24) is 20.3 Å². The lowest BCUT2D eigenvalue weighted by molar-refractivity contribution is 0.0951. The number of nitrogens with one attached hydrogen (secondary N) is 1. The summed E-state index contributed by atoms with van der Waals surface area (Å²) in [4.78, 5) is 27.8. The first-order valence-electron chi connectivity index (χ1n) is 10.1. The van der Waals surface area contributed by atoms with Gasteiger partial charge in [-0.1, -0.05) is 0 Å². The molecule has 1 aliphatic heterocycles. The summed E-state index contributed by atoms with van der Waals surface area (Å²) < 4.78 is 5.58. The second-order valence-electron chi connectivity index (χ2n) is 7.71. The minimum atomic E-state index is 0.00435. The molecule has 1 N–H and O–H groups in total. The molecule has 1 saturated heterocycles. The lowest BCUT2D eigenvalue weighted by Crippen LogP contribution is -2.33. The van der Waals surface area contributed by atoms with Crippen molar-refractivity contribution < 1.29 is 9.21 Å². The number of oxazole rings is 1. The fraction of sp³-hybridized carbons (Fsp3) is 0.364. The van der Waals surface area contributed by atoms with Crippen LogP contribution in [0.2, 0.25) is 0 Å². The SMILES string of the molecule is O=C(NC1CC1)c1ccc(-c2ncco2)c(C2CCN(c3cnccn3)CC2)c1. The Kier molecular flexibility index (Phi) is 4.71. The van der Waals surface area contributed by atoms with E-state index in [1.165, 1.54) is 0 Å². The molecule has 1 aromatic carbocycles. The molecule has 2 fully saturated rings. The fourth-order valence-electron chi connectivity index (χ4n) is 3.96. The van der Waals surface area contributed by atoms with Crippen molar-refractivity contribution in [3.05, 3.63) is 60.4 Å². The standard InChI is InChI=1S/C22H23N5O2/c28-21(26-17-2-3-17)16-1-4-18(22-25-9-12-29-22)19(13-16)15-5-10-27(11-6-15)20-14-23-7-8-24-20/h1,4,7-9,12-15,17H,2-3,5-6,10-11H2,(H,26,28). The van der Waals surface area contributed by atoms with Gasteiger partial charge in [-0.15, -0.1) is 0 Å². The van der Waals surface area contributed by atoms with E-state index in [0.29, 0.717) is 23.4 Å². The number of piperidine rings is 1. The number of benzene rings is 1. The number of rotatable bonds is 5. The first kappa shape index (κ1) is 17.8. The molecule has 0 bridgehead atoms. The Morgan fingerprint density at radius 2 is 1.93 bits per heavy atom. The third-order valence-corrected chi connectivity index (χ3v) is 5.70. The third-order valence-electron chi connectivity index (χ3n) is 5.70. The number of amides is 1. The molecule has 0 radical (unpaired) electrons. The van der Waals surface area contributed by atoms with Gasteiger partial charge in [0.2, 0.25) is 5.89 Å². The number of carbonyl (C=O) groups is 1. The largest absolute Gasteiger partial charge is 0.445 e. The highest BCUT2D eigenvalue weighted by Crippen LogP contribution is 2.36. The van der Waals surface area contributed by atoms with Crippen LogP contribution in [0.4, 0.5) is 5.82 Å². The molecule has 1 amide bonds. The van der Waals surface area contributed by atoms with Crippen molar-refractivity contribution in [1.29, 1.82) is 0 Å². The van der Waals surface area contributed by atoms with E-state index in [4.69, 9.17) is 4.42 Å². The first-order valence-corrected chi connectivity index (χ1v) is 10.1. The molecule has 2 aliphatic rings. The summed E-state index contributed by atoms with van der Waals surface area (Å²) in [6.07, 6.45) is 12.6. The molecule has 1 aliphatic carbocycles. The lowest BCUT2D eigenvalue weighted by Gasteiger charge is -2.33. The van der Waals surface area contributed by atoms with Crippen LogP contribution in [-0.4, -0.2) is 40.0 Å². The molecule has 148 valence electrons. The van der Waals surface area contributed by atoms with E-state index >= 15 is 0 Å². The Balaban J connectivity index is 1.40. The van der Waals surface area contributed by atoms with Crippen molar-refractivity contribution in [2.75, 3.05) is 18.0 Å². The van der Waals surface area contributed by atoms with Crippen LogP contribution in [0.3, 0.4) is 0 Å². The van der Waals surface area contributed by atoms with Gasteiger partial charge in [0.05, 0.1) is 12.4 Å². The summed E-state index contributed by atoms with van der Waals surface area (Å²) in [6.45, 7) is 1.79. The zero-order valence-electron chi connectivity index (χ0n) is 16.1. The van der Waals surface area contributed by atoms with E-state index in [1.54, 1.807) is 31.1 Å². The Labute approximate surface area is 169 Å². The maximum absolute atomic E-state index is 12.6. The van der Waals surface area contributed by atoms with Gasteiger partial charge >= 0.3 is 0 Å². The molecule has 0 atom stereocenters. The Hall–Kier alpha value is -3.22. The van der Waals surface area contributed by atoms with Crippen LogP contribution in [0.15, 0.2) is 53.7 Å². The summed E-state index contributed by atoms with van der Waals surface area (Å²) in [6, 6.07) is 6.21. The molecule has 1 saturated carbocycles. The highest BCUT2D eigenvalue weighted by atomic mass is 16.3. The monoisotopic (exact) mass is 389 g/mol. The van der Waals surface area contributed by atoms with Crippen molar-refractivity contribution in [3.8, 4) is 11.5 Å². The lowest BCUT2D eigenvalue weighted by atomic mass is 9.85. The molecule has 0 unspecified atom stereocenters. The highest BCUT2D eigenvalue weighted by molar-refractivity contribution is 5.95. The maximum atomic E-state index is 12.6. The van der Waals surface area contributed by atoms with Crippen molar-refractivity contribution in [3.63, 3.8) is 0 Å². The smallest absolute Gasteiger partial charge is 0.251 e. The van der Waals surface area contributed by atoms with E-state index in [2.05, 4.69) is 25.2 Å². The molecule has 29 heavy (non-hydrogen) atoms. The van der Waals surface area contributed by atoms with Crippen LogP contribution >= 0.6 is 0 Å². The van der Waals surface area contributed by atoms with Gasteiger partial charge in [0, 0.05) is 42.7 Å². The summed E-state index contributed by atoms with van der Waals surface area (Å²) >= 11 is 0. The minimum absolute atomic E-state index is 0.00435. The van der Waals surface area contributed by atoms with Crippen LogP contribution in [0, 0.1) is 0 Å². The quantitative estimate of drug-likeness (QED) is 0.720. The zero-order chi connectivity index (χ0) is 19.6. The summed E-state index contributed by atoms with van der Waals surface area (Å²) in [5.41, 5.74) is 2.81. The van der Waals surface area contributed by atoms with Crippen LogP contribution in [-0.2, 0) is 0 Å². The number of carbonyl (C=O) groups excluding carboxylic acids is 1. The van der Waals surface area contributed by atoms with E-state index in [-0.39, 0.29) is 5.91 Å². The fourth-order valence-corrected chi connectivity index (χ4v) is 3.96. The van der Waals surface area contributed by atoms with E-state index < -0.39 is 0 Å². The number of aromatic nitrogens is 3. The first-order chi connectivity index (χ1) is 14.3. The van der Waals surface area contributed by atoms with Gasteiger partial charge in [0.1, 0.15) is 12.1 Å². The van der Waals surface area contributed by atoms with Crippen LogP contribution in [0.25, 0.3) is 11.5 Å². The number of nitrogens with zero attached hydrogens (tertiary/aromatic N) is 4. The normalized spacial score (nSPS) is 17.3. The predicted octanol–water partition coefficient (Wildman–Crippen LogP) is 3.41. The highest BCUT2D eigenvalue weighted by Gasteiger charge is 2.27. The number of hydrogen-bond donors (Lipinski definition) is 1. The molecule has 3 heterocycles. The average Bonchev–Trinajstić information content (AvgIpc) is 3.42. The van der Waals surface area contributed by atoms with Crippen molar-refractivity contribution in [2.45, 2.75) is 37.6 Å². The molecule has 7 heteroatoms. The van der Waals surface area contributed by atoms with Crippen LogP contribution in [0.5, 0.6) is 0 Å². The zero-order valence-corrected chi connectivity index (χ0v) is 16.1. The number of hydrogen-bond acceptors (Lipinski definition) is 6. The van der Waals surface area contributed by atoms with Gasteiger partial charge in [-0.25, -0.2) is 9.97 Å². The molecular formula is C22H23N5O2. The van der Waals surface area contributed by atoms with E-state index in [9.17, 15) is 4.79 Å². The minimum Gasteiger partial charge on any atom is -0.445 e. The van der Waals surface area contributed by atoms with E-state index in [0.717, 1.165) is 55.7 Å². The summed E-state index contributed by atoms with van der Waals surface area (Å²) in [5.74, 6) is 1.85. The van der Waals surface area contributed by atoms with Crippen LogP contribution < -0.4 is 10.2 Å². The molecule has 2 aromatic heterocycles.